The molecule has 1 aliphatic heterocycles. The number of furan rings is 1. The zero-order valence-electron chi connectivity index (χ0n) is 18.3. The maximum absolute atomic E-state index is 13.3. The molecule has 4 heterocycles. The van der Waals surface area contributed by atoms with E-state index in [4.69, 9.17) is 21.4 Å². The lowest BCUT2D eigenvalue weighted by atomic mass is 10.2. The second-order valence-corrected chi connectivity index (χ2v) is 9.33. The van der Waals surface area contributed by atoms with Gasteiger partial charge in [0.15, 0.2) is 0 Å². The van der Waals surface area contributed by atoms with Gasteiger partial charge in [-0.05, 0) is 50.6 Å². The van der Waals surface area contributed by atoms with Crippen molar-refractivity contribution in [3.05, 3.63) is 69.4 Å². The average Bonchev–Trinajstić information content (AvgIpc) is 3.40. The van der Waals surface area contributed by atoms with Crippen LogP contribution in [0.1, 0.15) is 31.6 Å². The smallest absolute Gasteiger partial charge is 0.267 e. The van der Waals surface area contributed by atoms with Crippen molar-refractivity contribution in [2.24, 2.45) is 0 Å². The van der Waals surface area contributed by atoms with Gasteiger partial charge < -0.3 is 14.5 Å². The van der Waals surface area contributed by atoms with Gasteiger partial charge in [0, 0.05) is 19.3 Å². The molecule has 1 saturated heterocycles. The van der Waals surface area contributed by atoms with E-state index in [1.54, 1.807) is 42.8 Å². The number of hydrogen-bond donors (Lipinski definition) is 1. The Morgan fingerprint density at radius 2 is 2.12 bits per heavy atom. The van der Waals surface area contributed by atoms with Crippen molar-refractivity contribution in [1.82, 2.24) is 14.3 Å². The number of thiocarbonyl (C=S) groups is 1. The Morgan fingerprint density at radius 3 is 2.88 bits per heavy atom. The molecule has 0 aliphatic carbocycles. The molecule has 172 valence electrons. The van der Waals surface area contributed by atoms with Crippen LogP contribution in [0.3, 0.4) is 0 Å². The van der Waals surface area contributed by atoms with Crippen LogP contribution in [0.4, 0.5) is 5.82 Å². The third-order valence-corrected chi connectivity index (χ3v) is 6.25. The molecule has 1 fully saturated rings. The third-order valence-electron chi connectivity index (χ3n) is 4.88. The number of hydrogen-bond acceptors (Lipinski definition) is 8. The van der Waals surface area contributed by atoms with Crippen molar-refractivity contribution in [3.63, 3.8) is 0 Å². The van der Waals surface area contributed by atoms with E-state index in [1.165, 1.54) is 9.30 Å². The molecule has 1 amide bonds. The standard InChI is InChI=1S/C23H24N4O4S2/c1-15(2)30-12-6-9-24-20-17(21(28)26-10-4-3-8-19(26)25-20)13-18-22(29)27(23(32)33-18)14-16-7-5-11-31-16/h3-5,7-8,10-11,13,15,24H,6,9,12,14H2,1-2H3. The van der Waals surface area contributed by atoms with Crippen molar-refractivity contribution >= 4 is 51.7 Å². The van der Waals surface area contributed by atoms with Crippen LogP contribution in [0.5, 0.6) is 0 Å². The van der Waals surface area contributed by atoms with Gasteiger partial charge in [0.2, 0.25) is 0 Å². The molecule has 0 saturated carbocycles. The highest BCUT2D eigenvalue weighted by Gasteiger charge is 2.33. The highest BCUT2D eigenvalue weighted by molar-refractivity contribution is 8.26. The molecule has 10 heteroatoms. The molecular formula is C23H24N4O4S2. The summed E-state index contributed by atoms with van der Waals surface area (Å²) in [6, 6.07) is 8.89. The quantitative estimate of drug-likeness (QED) is 0.278. The Hall–Kier alpha value is -2.95. The number of fused-ring (bicyclic) bond motifs is 1. The molecule has 0 spiro atoms. The predicted octanol–water partition coefficient (Wildman–Crippen LogP) is 3.92. The van der Waals surface area contributed by atoms with E-state index in [0.29, 0.717) is 45.2 Å². The van der Waals surface area contributed by atoms with Gasteiger partial charge in [-0.3, -0.25) is 18.9 Å². The van der Waals surface area contributed by atoms with E-state index < -0.39 is 0 Å². The van der Waals surface area contributed by atoms with Gasteiger partial charge in [-0.25, -0.2) is 4.98 Å². The summed E-state index contributed by atoms with van der Waals surface area (Å²) in [4.78, 5) is 32.8. The predicted molar refractivity (Wildman–Crippen MR) is 133 cm³/mol. The fraction of sp³-hybridized carbons (Fsp3) is 0.304. The van der Waals surface area contributed by atoms with Crippen LogP contribution in [-0.4, -0.2) is 43.8 Å². The third kappa shape index (κ3) is 5.35. The van der Waals surface area contributed by atoms with E-state index in [2.05, 4.69) is 10.3 Å². The molecule has 0 unspecified atom stereocenters. The summed E-state index contributed by atoms with van der Waals surface area (Å²) in [5, 5.41) is 3.24. The van der Waals surface area contributed by atoms with Crippen LogP contribution in [0.25, 0.3) is 11.7 Å². The largest absolute Gasteiger partial charge is 0.467 e. The summed E-state index contributed by atoms with van der Waals surface area (Å²) >= 11 is 6.56. The molecular weight excluding hydrogens is 460 g/mol. The molecule has 1 N–H and O–H groups in total. The number of amides is 1. The van der Waals surface area contributed by atoms with Gasteiger partial charge in [0.25, 0.3) is 11.5 Å². The van der Waals surface area contributed by atoms with E-state index in [1.807, 2.05) is 19.9 Å². The summed E-state index contributed by atoms with van der Waals surface area (Å²) < 4.78 is 12.8. The average molecular weight is 485 g/mol. The molecule has 0 atom stereocenters. The number of aromatic nitrogens is 2. The Balaban J connectivity index is 1.63. The molecule has 33 heavy (non-hydrogen) atoms. The number of nitrogens with one attached hydrogen (secondary N) is 1. The highest BCUT2D eigenvalue weighted by Crippen LogP contribution is 2.34. The first-order valence-corrected chi connectivity index (χ1v) is 11.8. The summed E-state index contributed by atoms with van der Waals surface area (Å²) in [6.45, 7) is 5.38. The number of ether oxygens (including phenoxy) is 1. The molecule has 8 nitrogen and oxygen atoms in total. The minimum absolute atomic E-state index is 0.159. The first-order chi connectivity index (χ1) is 15.9. The summed E-state index contributed by atoms with van der Waals surface area (Å²) in [5.74, 6) is 0.785. The lowest BCUT2D eigenvalue weighted by Gasteiger charge is -2.13. The van der Waals surface area contributed by atoms with Gasteiger partial charge in [0.05, 0.1) is 29.4 Å². The van der Waals surface area contributed by atoms with Crippen molar-refractivity contribution in [1.29, 1.82) is 0 Å². The summed E-state index contributed by atoms with van der Waals surface area (Å²) in [5.41, 5.74) is 0.561. The molecule has 4 rings (SSSR count). The first kappa shape index (κ1) is 23.2. The van der Waals surface area contributed by atoms with Crippen LogP contribution in [0.2, 0.25) is 0 Å². The first-order valence-electron chi connectivity index (χ1n) is 10.6. The van der Waals surface area contributed by atoms with E-state index in [0.717, 1.165) is 18.2 Å². The van der Waals surface area contributed by atoms with Crippen LogP contribution >= 0.6 is 24.0 Å². The zero-order chi connectivity index (χ0) is 23.4. The Kier molecular flexibility index (Phi) is 7.26. The number of thioether (sulfide) groups is 1. The molecule has 3 aromatic heterocycles. The monoisotopic (exact) mass is 484 g/mol. The maximum Gasteiger partial charge on any atom is 0.267 e. The van der Waals surface area contributed by atoms with Crippen molar-refractivity contribution in [2.75, 3.05) is 18.5 Å². The fourth-order valence-corrected chi connectivity index (χ4v) is 4.53. The Morgan fingerprint density at radius 1 is 1.27 bits per heavy atom. The van der Waals surface area contributed by atoms with Crippen molar-refractivity contribution < 1.29 is 13.9 Å². The normalized spacial score (nSPS) is 15.4. The van der Waals surface area contributed by atoms with E-state index in [-0.39, 0.29) is 24.1 Å². The number of nitrogens with zero attached hydrogens (tertiary/aromatic N) is 3. The van der Waals surface area contributed by atoms with Crippen molar-refractivity contribution in [3.8, 4) is 0 Å². The lowest BCUT2D eigenvalue weighted by molar-refractivity contribution is -0.122. The number of carbonyl (C=O) groups excluding carboxylic acids is 1. The number of carbonyl (C=O) groups is 1. The van der Waals surface area contributed by atoms with Gasteiger partial charge in [-0.2, -0.15) is 0 Å². The van der Waals surface area contributed by atoms with Crippen LogP contribution in [0.15, 0.2) is 56.9 Å². The molecule has 0 radical (unpaired) electrons. The van der Waals surface area contributed by atoms with Gasteiger partial charge in [-0.15, -0.1) is 0 Å². The number of pyridine rings is 1. The number of rotatable bonds is 9. The molecule has 0 aromatic carbocycles. The summed E-state index contributed by atoms with van der Waals surface area (Å²) in [7, 11) is 0. The van der Waals surface area contributed by atoms with Gasteiger partial charge >= 0.3 is 0 Å². The highest BCUT2D eigenvalue weighted by atomic mass is 32.2. The minimum Gasteiger partial charge on any atom is -0.467 e. The van der Waals surface area contributed by atoms with Gasteiger partial charge in [-0.1, -0.05) is 30.0 Å². The molecule has 0 bridgehead atoms. The van der Waals surface area contributed by atoms with Crippen molar-refractivity contribution in [2.45, 2.75) is 32.9 Å². The maximum atomic E-state index is 13.3. The fourth-order valence-electron chi connectivity index (χ4n) is 3.29. The Bertz CT molecular complexity index is 1250. The summed E-state index contributed by atoms with van der Waals surface area (Å²) in [6.07, 6.45) is 5.69. The molecule has 3 aromatic rings. The second-order valence-electron chi connectivity index (χ2n) is 7.66. The Labute approximate surface area is 200 Å². The SMILES string of the molecule is CC(C)OCCCNc1nc2ccccn2c(=O)c1C=C1SC(=S)N(Cc2ccco2)C1=O. The minimum atomic E-state index is -0.268. The topological polar surface area (TPSA) is 89.1 Å². The molecule has 1 aliphatic rings. The van der Waals surface area contributed by atoms with Crippen LogP contribution < -0.4 is 10.9 Å². The van der Waals surface area contributed by atoms with Crippen LogP contribution in [0, 0.1) is 0 Å². The van der Waals surface area contributed by atoms with Crippen LogP contribution in [-0.2, 0) is 16.1 Å². The number of anilines is 1. The van der Waals surface area contributed by atoms with Gasteiger partial charge in [0.1, 0.15) is 21.5 Å². The van der Waals surface area contributed by atoms with E-state index in [9.17, 15) is 9.59 Å². The van der Waals surface area contributed by atoms with E-state index >= 15 is 0 Å². The zero-order valence-corrected chi connectivity index (χ0v) is 19.9. The second kappa shape index (κ2) is 10.3. The lowest BCUT2D eigenvalue weighted by Crippen LogP contribution is -2.27.